The van der Waals surface area contributed by atoms with Gasteiger partial charge in [0.1, 0.15) is 0 Å². The average molecular weight is 259 g/mol. The number of rotatable bonds is 7. The molecule has 0 aliphatic heterocycles. The first kappa shape index (κ1) is 13.8. The van der Waals surface area contributed by atoms with Crippen molar-refractivity contribution >= 4 is 24.0 Å². The second kappa shape index (κ2) is 6.50. The van der Waals surface area contributed by atoms with Crippen LogP contribution in [-0.2, 0) is 6.54 Å². The van der Waals surface area contributed by atoms with Crippen molar-refractivity contribution in [3.05, 3.63) is 21.2 Å². The lowest BCUT2D eigenvalue weighted by Gasteiger charge is -2.32. The molecular formula is C12H21NOS2. The van der Waals surface area contributed by atoms with Gasteiger partial charge in [0.05, 0.1) is 0 Å². The zero-order valence-electron chi connectivity index (χ0n) is 10.1. The van der Waals surface area contributed by atoms with Crippen LogP contribution < -0.4 is 4.87 Å². The number of aromatic nitrogens is 1. The van der Waals surface area contributed by atoms with E-state index < -0.39 is 0 Å². The molecule has 1 heterocycles. The summed E-state index contributed by atoms with van der Waals surface area (Å²) in [5, 5.41) is 1.86. The molecule has 0 amide bonds. The van der Waals surface area contributed by atoms with Gasteiger partial charge in [0.2, 0.25) is 0 Å². The van der Waals surface area contributed by atoms with Crippen LogP contribution in [0.5, 0.6) is 0 Å². The minimum atomic E-state index is 0.151. The van der Waals surface area contributed by atoms with Gasteiger partial charge in [-0.2, -0.15) is 12.6 Å². The van der Waals surface area contributed by atoms with Crippen LogP contribution in [0.3, 0.4) is 0 Å². The van der Waals surface area contributed by atoms with E-state index in [9.17, 15) is 4.79 Å². The minimum Gasteiger partial charge on any atom is -0.305 e. The molecule has 0 saturated heterocycles. The van der Waals surface area contributed by atoms with Gasteiger partial charge in [-0.25, -0.2) is 0 Å². The smallest absolute Gasteiger partial charge is 0.305 e. The van der Waals surface area contributed by atoms with Gasteiger partial charge in [0.15, 0.2) is 0 Å². The van der Waals surface area contributed by atoms with Crippen molar-refractivity contribution in [2.24, 2.45) is 5.41 Å². The lowest BCUT2D eigenvalue weighted by atomic mass is 9.81. The van der Waals surface area contributed by atoms with Crippen LogP contribution in [0.15, 0.2) is 16.4 Å². The van der Waals surface area contributed by atoms with Crippen LogP contribution in [0, 0.1) is 5.41 Å². The Bertz CT molecular complexity index is 350. The number of hydrogen-bond acceptors (Lipinski definition) is 3. The van der Waals surface area contributed by atoms with E-state index in [0.717, 1.165) is 38.0 Å². The van der Waals surface area contributed by atoms with Gasteiger partial charge in [0.25, 0.3) is 0 Å². The molecule has 0 atom stereocenters. The summed E-state index contributed by atoms with van der Waals surface area (Å²) in [6, 6.07) is 0. The van der Waals surface area contributed by atoms with Crippen molar-refractivity contribution in [3.8, 4) is 0 Å². The summed E-state index contributed by atoms with van der Waals surface area (Å²) in [5.41, 5.74) is 0.192. The molecule has 4 heteroatoms. The zero-order valence-corrected chi connectivity index (χ0v) is 11.8. The number of hydrogen-bond donors (Lipinski definition) is 1. The van der Waals surface area contributed by atoms with Crippen molar-refractivity contribution in [1.29, 1.82) is 0 Å². The molecule has 0 fully saturated rings. The summed E-state index contributed by atoms with van der Waals surface area (Å²) in [5.74, 6) is 0.858. The van der Waals surface area contributed by atoms with Gasteiger partial charge in [-0.15, -0.1) is 0 Å². The minimum absolute atomic E-state index is 0.151. The molecule has 0 saturated carbocycles. The molecule has 2 nitrogen and oxygen atoms in total. The summed E-state index contributed by atoms with van der Waals surface area (Å²) in [4.78, 5) is 11.7. The van der Waals surface area contributed by atoms with Gasteiger partial charge in [0, 0.05) is 18.1 Å². The third-order valence-corrected chi connectivity index (χ3v) is 4.41. The predicted octanol–water partition coefficient (Wildman–Crippen LogP) is 3.43. The van der Waals surface area contributed by atoms with Crippen LogP contribution in [-0.4, -0.2) is 10.3 Å². The Labute approximate surface area is 107 Å². The van der Waals surface area contributed by atoms with Gasteiger partial charge in [-0.3, -0.25) is 4.79 Å². The molecule has 92 valence electrons. The van der Waals surface area contributed by atoms with Crippen LogP contribution in [0.2, 0.25) is 0 Å². The Morgan fingerprint density at radius 1 is 1.38 bits per heavy atom. The standard InChI is InChI=1S/C12H21NOS2/c1-3-5-12(10-15,6-4-2)9-13-7-8-16-11(13)14/h7-8,15H,3-6,9-10H2,1-2H3. The summed E-state index contributed by atoms with van der Waals surface area (Å²) < 4.78 is 1.84. The summed E-state index contributed by atoms with van der Waals surface area (Å²) >= 11 is 5.78. The molecule has 0 spiro atoms. The Morgan fingerprint density at radius 3 is 2.38 bits per heavy atom. The van der Waals surface area contributed by atoms with E-state index >= 15 is 0 Å². The molecule has 0 unspecified atom stereocenters. The monoisotopic (exact) mass is 259 g/mol. The van der Waals surface area contributed by atoms with E-state index in [4.69, 9.17) is 0 Å². The molecular weight excluding hydrogens is 238 g/mol. The van der Waals surface area contributed by atoms with E-state index in [1.165, 1.54) is 11.3 Å². The van der Waals surface area contributed by atoms with E-state index in [0.29, 0.717) is 0 Å². The van der Waals surface area contributed by atoms with Crippen molar-refractivity contribution in [3.63, 3.8) is 0 Å². The third kappa shape index (κ3) is 3.39. The maximum Gasteiger partial charge on any atom is 0.307 e. The van der Waals surface area contributed by atoms with Crippen molar-refractivity contribution in [2.75, 3.05) is 5.75 Å². The highest BCUT2D eigenvalue weighted by Gasteiger charge is 2.27. The fourth-order valence-corrected chi connectivity index (χ4v) is 3.32. The quantitative estimate of drug-likeness (QED) is 0.745. The average Bonchev–Trinajstić information content (AvgIpc) is 2.65. The topological polar surface area (TPSA) is 22.0 Å². The SMILES string of the molecule is CCCC(CS)(CCC)Cn1ccsc1=O. The Hall–Kier alpha value is -0.220. The van der Waals surface area contributed by atoms with E-state index in [1.807, 2.05) is 16.1 Å². The molecule has 0 radical (unpaired) electrons. The highest BCUT2D eigenvalue weighted by molar-refractivity contribution is 7.80. The van der Waals surface area contributed by atoms with Crippen molar-refractivity contribution in [2.45, 2.75) is 46.1 Å². The molecule has 1 aromatic heterocycles. The first-order chi connectivity index (χ1) is 7.67. The van der Waals surface area contributed by atoms with Crippen molar-refractivity contribution < 1.29 is 0 Å². The third-order valence-electron chi connectivity index (χ3n) is 3.05. The Morgan fingerprint density at radius 2 is 2.00 bits per heavy atom. The summed E-state index contributed by atoms with van der Waals surface area (Å²) in [6.07, 6.45) is 6.49. The Kier molecular flexibility index (Phi) is 5.62. The molecule has 0 aliphatic rings. The van der Waals surface area contributed by atoms with Crippen LogP contribution in [0.1, 0.15) is 39.5 Å². The predicted molar refractivity (Wildman–Crippen MR) is 74.7 cm³/mol. The largest absolute Gasteiger partial charge is 0.307 e. The number of nitrogens with zero attached hydrogens (tertiary/aromatic N) is 1. The highest BCUT2D eigenvalue weighted by atomic mass is 32.1. The fraction of sp³-hybridized carbons (Fsp3) is 0.750. The molecule has 1 aromatic rings. The summed E-state index contributed by atoms with van der Waals surface area (Å²) in [7, 11) is 0. The van der Waals surface area contributed by atoms with E-state index in [1.54, 1.807) is 0 Å². The molecule has 0 aliphatic carbocycles. The molecule has 0 aromatic carbocycles. The van der Waals surface area contributed by atoms with Crippen LogP contribution >= 0.6 is 24.0 Å². The molecule has 1 rings (SSSR count). The maximum atomic E-state index is 11.6. The number of thiazole rings is 1. The summed E-state index contributed by atoms with van der Waals surface area (Å²) in [6.45, 7) is 5.22. The van der Waals surface area contributed by atoms with Crippen LogP contribution in [0.4, 0.5) is 0 Å². The molecule has 0 bridgehead atoms. The van der Waals surface area contributed by atoms with Gasteiger partial charge < -0.3 is 4.57 Å². The van der Waals surface area contributed by atoms with Gasteiger partial charge in [-0.05, 0) is 24.0 Å². The highest BCUT2D eigenvalue weighted by Crippen LogP contribution is 2.32. The second-order valence-electron chi connectivity index (χ2n) is 4.45. The lowest BCUT2D eigenvalue weighted by Crippen LogP contribution is -2.31. The lowest BCUT2D eigenvalue weighted by molar-refractivity contribution is 0.230. The fourth-order valence-electron chi connectivity index (χ4n) is 2.32. The normalized spacial score (nSPS) is 11.9. The molecule has 0 N–H and O–H groups in total. The first-order valence-electron chi connectivity index (χ1n) is 5.92. The first-order valence-corrected chi connectivity index (χ1v) is 7.43. The number of thiol groups is 1. The molecule has 16 heavy (non-hydrogen) atoms. The Balaban J connectivity index is 2.84. The zero-order chi connectivity index (χ0) is 12.0. The van der Waals surface area contributed by atoms with E-state index in [-0.39, 0.29) is 10.3 Å². The van der Waals surface area contributed by atoms with Crippen LogP contribution in [0.25, 0.3) is 0 Å². The van der Waals surface area contributed by atoms with Gasteiger partial charge in [-0.1, -0.05) is 38.0 Å². The van der Waals surface area contributed by atoms with E-state index in [2.05, 4.69) is 26.5 Å². The van der Waals surface area contributed by atoms with Crippen molar-refractivity contribution in [1.82, 2.24) is 4.57 Å². The second-order valence-corrected chi connectivity index (χ2v) is 5.63. The van der Waals surface area contributed by atoms with Gasteiger partial charge >= 0.3 is 4.87 Å². The maximum absolute atomic E-state index is 11.6.